The van der Waals surface area contributed by atoms with Crippen LogP contribution in [0.2, 0.25) is 5.02 Å². The summed E-state index contributed by atoms with van der Waals surface area (Å²) in [4.78, 5) is 25.5. The van der Waals surface area contributed by atoms with E-state index in [0.717, 1.165) is 13.3 Å². The van der Waals surface area contributed by atoms with E-state index in [-0.39, 0.29) is 23.3 Å². The second kappa shape index (κ2) is 6.65. The SMILES string of the molecule is CCOC(=O)Oc1ncc(OC(=O)OC)cc1Cl. The van der Waals surface area contributed by atoms with Gasteiger partial charge in [-0.05, 0) is 6.92 Å². The van der Waals surface area contributed by atoms with Crippen LogP contribution in [0.4, 0.5) is 9.59 Å². The van der Waals surface area contributed by atoms with Crippen LogP contribution in [0.3, 0.4) is 0 Å². The lowest BCUT2D eigenvalue weighted by atomic mass is 10.4. The number of rotatable bonds is 3. The summed E-state index contributed by atoms with van der Waals surface area (Å²) in [5.41, 5.74) is 0. The van der Waals surface area contributed by atoms with Gasteiger partial charge in [-0.2, -0.15) is 0 Å². The Bertz CT molecular complexity index is 450. The second-order valence-electron chi connectivity index (χ2n) is 2.80. The molecule has 1 heterocycles. The van der Waals surface area contributed by atoms with Crippen molar-refractivity contribution in [2.45, 2.75) is 6.92 Å². The highest BCUT2D eigenvalue weighted by atomic mass is 35.5. The first-order chi connectivity index (χ1) is 8.56. The highest BCUT2D eigenvalue weighted by molar-refractivity contribution is 6.32. The summed E-state index contributed by atoms with van der Waals surface area (Å²) in [5.74, 6) is -0.0876. The van der Waals surface area contributed by atoms with Crippen LogP contribution in [-0.4, -0.2) is 31.0 Å². The van der Waals surface area contributed by atoms with Crippen LogP contribution in [-0.2, 0) is 9.47 Å². The molecule has 0 spiro atoms. The smallest absolute Gasteiger partial charge is 0.437 e. The molecule has 1 aromatic heterocycles. The fraction of sp³-hybridized carbons (Fsp3) is 0.300. The molecule has 1 aromatic rings. The van der Waals surface area contributed by atoms with Gasteiger partial charge < -0.3 is 18.9 Å². The molecule has 0 bridgehead atoms. The number of ether oxygens (including phenoxy) is 4. The normalized spacial score (nSPS) is 9.50. The maximum atomic E-state index is 11.0. The first kappa shape index (κ1) is 14.0. The van der Waals surface area contributed by atoms with E-state index in [9.17, 15) is 9.59 Å². The van der Waals surface area contributed by atoms with Crippen molar-refractivity contribution in [2.24, 2.45) is 0 Å². The van der Waals surface area contributed by atoms with Crippen molar-refractivity contribution in [1.82, 2.24) is 4.98 Å². The Hall–Kier alpha value is -2.02. The molecule has 1 rings (SSSR count). The van der Waals surface area contributed by atoms with Crippen molar-refractivity contribution >= 4 is 23.9 Å². The third-order valence-corrected chi connectivity index (χ3v) is 1.86. The summed E-state index contributed by atoms with van der Waals surface area (Å²) >= 11 is 5.77. The molecule has 0 N–H and O–H groups in total. The summed E-state index contributed by atoms with van der Waals surface area (Å²) in [6.45, 7) is 1.80. The minimum absolute atomic E-state index is 0.00976. The average molecular weight is 276 g/mol. The van der Waals surface area contributed by atoms with Gasteiger partial charge in [0.15, 0.2) is 5.75 Å². The zero-order valence-corrected chi connectivity index (χ0v) is 10.4. The topological polar surface area (TPSA) is 84.0 Å². The van der Waals surface area contributed by atoms with Crippen molar-refractivity contribution in [3.8, 4) is 11.6 Å². The first-order valence-corrected chi connectivity index (χ1v) is 5.20. The Labute approximate surface area is 108 Å². The second-order valence-corrected chi connectivity index (χ2v) is 3.21. The summed E-state index contributed by atoms with van der Waals surface area (Å²) in [6, 6.07) is 1.25. The van der Waals surface area contributed by atoms with E-state index in [1.165, 1.54) is 6.07 Å². The number of nitrogens with zero attached hydrogens (tertiary/aromatic N) is 1. The molecule has 18 heavy (non-hydrogen) atoms. The first-order valence-electron chi connectivity index (χ1n) is 4.82. The minimum atomic E-state index is -0.923. The highest BCUT2D eigenvalue weighted by Crippen LogP contribution is 2.26. The number of halogens is 1. The Morgan fingerprint density at radius 1 is 1.33 bits per heavy atom. The molecule has 0 saturated carbocycles. The van der Waals surface area contributed by atoms with Crippen molar-refractivity contribution in [3.05, 3.63) is 17.3 Å². The van der Waals surface area contributed by atoms with Crippen LogP contribution in [0.5, 0.6) is 11.6 Å². The van der Waals surface area contributed by atoms with E-state index in [2.05, 4.69) is 19.2 Å². The van der Waals surface area contributed by atoms with Crippen LogP contribution in [0, 0.1) is 0 Å². The van der Waals surface area contributed by atoms with E-state index in [1.54, 1.807) is 6.92 Å². The van der Waals surface area contributed by atoms with Gasteiger partial charge >= 0.3 is 12.3 Å². The van der Waals surface area contributed by atoms with E-state index in [1.807, 2.05) is 0 Å². The van der Waals surface area contributed by atoms with Gasteiger partial charge in [0.2, 0.25) is 5.88 Å². The van der Waals surface area contributed by atoms with E-state index in [4.69, 9.17) is 16.3 Å². The van der Waals surface area contributed by atoms with Gasteiger partial charge in [0.1, 0.15) is 5.02 Å². The number of carbonyl (C=O) groups is 2. The zero-order chi connectivity index (χ0) is 13.5. The zero-order valence-electron chi connectivity index (χ0n) is 9.64. The van der Waals surface area contributed by atoms with E-state index in [0.29, 0.717) is 0 Å². The predicted octanol–water partition coefficient (Wildman–Crippen LogP) is 2.42. The highest BCUT2D eigenvalue weighted by Gasteiger charge is 2.13. The molecule has 0 aliphatic rings. The standard InChI is InChI=1S/C10H10ClNO6/c1-3-16-10(14)18-8-7(11)4-6(5-12-8)17-9(13)15-2/h4-5H,3H2,1-2H3. The lowest BCUT2D eigenvalue weighted by Gasteiger charge is -2.06. The van der Waals surface area contributed by atoms with Gasteiger partial charge in [0, 0.05) is 6.07 Å². The lowest BCUT2D eigenvalue weighted by molar-refractivity contribution is 0.102. The van der Waals surface area contributed by atoms with E-state index < -0.39 is 12.3 Å². The van der Waals surface area contributed by atoms with Gasteiger partial charge in [-0.15, -0.1) is 0 Å². The summed E-state index contributed by atoms with van der Waals surface area (Å²) in [6.07, 6.45) is -0.683. The molecule has 7 nitrogen and oxygen atoms in total. The molecule has 0 atom stereocenters. The van der Waals surface area contributed by atoms with Crippen molar-refractivity contribution in [2.75, 3.05) is 13.7 Å². The molecule has 0 unspecified atom stereocenters. The van der Waals surface area contributed by atoms with Crippen LogP contribution in [0.25, 0.3) is 0 Å². The largest absolute Gasteiger partial charge is 0.515 e. The molecule has 0 aliphatic carbocycles. The number of pyridine rings is 1. The Kier molecular flexibility index (Phi) is 5.19. The molecule has 0 amide bonds. The Morgan fingerprint density at radius 3 is 2.61 bits per heavy atom. The number of methoxy groups -OCH3 is 1. The van der Waals surface area contributed by atoms with Crippen LogP contribution in [0.1, 0.15) is 6.92 Å². The molecular formula is C10H10ClNO6. The van der Waals surface area contributed by atoms with E-state index >= 15 is 0 Å². The number of hydrogen-bond donors (Lipinski definition) is 0. The van der Waals surface area contributed by atoms with Crippen LogP contribution in [0.15, 0.2) is 12.3 Å². The van der Waals surface area contributed by atoms with Gasteiger partial charge in [-0.25, -0.2) is 14.6 Å². The van der Waals surface area contributed by atoms with Gasteiger partial charge in [-0.1, -0.05) is 11.6 Å². The lowest BCUT2D eigenvalue weighted by Crippen LogP contribution is -2.12. The quantitative estimate of drug-likeness (QED) is 0.783. The third kappa shape index (κ3) is 4.10. The van der Waals surface area contributed by atoms with Crippen molar-refractivity contribution in [3.63, 3.8) is 0 Å². The number of aromatic nitrogens is 1. The molecule has 8 heteroatoms. The van der Waals surface area contributed by atoms with Crippen LogP contribution >= 0.6 is 11.6 Å². The Morgan fingerprint density at radius 2 is 2.06 bits per heavy atom. The molecule has 98 valence electrons. The van der Waals surface area contributed by atoms with Crippen molar-refractivity contribution in [1.29, 1.82) is 0 Å². The Balaban J connectivity index is 2.73. The van der Waals surface area contributed by atoms with Crippen LogP contribution < -0.4 is 9.47 Å². The average Bonchev–Trinajstić information content (AvgIpc) is 2.33. The molecule has 0 saturated heterocycles. The monoisotopic (exact) mass is 275 g/mol. The molecule has 0 aliphatic heterocycles. The predicted molar refractivity (Wildman–Crippen MR) is 59.9 cm³/mol. The third-order valence-electron chi connectivity index (χ3n) is 1.59. The van der Waals surface area contributed by atoms with Crippen molar-refractivity contribution < 1.29 is 28.5 Å². The molecule has 0 fully saturated rings. The summed E-state index contributed by atoms with van der Waals surface area (Å²) in [5, 5.41) is -0.00976. The summed E-state index contributed by atoms with van der Waals surface area (Å²) < 4.78 is 18.2. The summed E-state index contributed by atoms with van der Waals surface area (Å²) in [7, 11) is 1.16. The van der Waals surface area contributed by atoms with Gasteiger partial charge in [0.25, 0.3) is 0 Å². The van der Waals surface area contributed by atoms with Gasteiger partial charge in [-0.3, -0.25) is 0 Å². The molecule has 0 aromatic carbocycles. The number of hydrogen-bond acceptors (Lipinski definition) is 7. The molecular weight excluding hydrogens is 266 g/mol. The maximum absolute atomic E-state index is 11.0. The maximum Gasteiger partial charge on any atom is 0.515 e. The fourth-order valence-electron chi connectivity index (χ4n) is 0.903. The number of carbonyl (C=O) groups excluding carboxylic acids is 2. The molecule has 0 radical (unpaired) electrons. The minimum Gasteiger partial charge on any atom is -0.437 e. The fourth-order valence-corrected chi connectivity index (χ4v) is 1.10. The van der Waals surface area contributed by atoms with Gasteiger partial charge in [0.05, 0.1) is 19.9 Å².